The average molecular weight is 772 g/mol. The van der Waals surface area contributed by atoms with Crippen LogP contribution in [0, 0.1) is 13.8 Å². The van der Waals surface area contributed by atoms with Crippen molar-refractivity contribution < 1.29 is 9.47 Å². The smallest absolute Gasteiger partial charge is 0.258 e. The number of aromatic nitrogens is 5. The maximum atomic E-state index is 12.9. The average Bonchev–Trinajstić information content (AvgIpc) is 3.39. The Morgan fingerprint density at radius 3 is 2.07 bits per heavy atom. The number of hydrogen-bond donors (Lipinski definition) is 2. The lowest BCUT2D eigenvalue weighted by Crippen LogP contribution is -2.43. The van der Waals surface area contributed by atoms with E-state index in [4.69, 9.17) is 19.4 Å². The number of methoxy groups -OCH3 is 2. The van der Waals surface area contributed by atoms with E-state index in [0.29, 0.717) is 34.2 Å². The third-order valence-corrected chi connectivity index (χ3v) is 11.2. The SMILES string of the molecule is COc1ccc(-c2cc(=O)n3cc(N4CCNCC4)cc(C)c3n2)cc1OC.Cc1nc2cc(-c3cc(=O)n4cc(N5CCCNCC5)ccc4n3)ccc2s1. The molecule has 13 nitrogen and oxygen atoms in total. The van der Waals surface area contributed by atoms with Crippen molar-refractivity contribution in [3.63, 3.8) is 0 Å². The molecule has 2 N–H and O–H groups in total. The van der Waals surface area contributed by atoms with Crippen LogP contribution in [-0.2, 0) is 0 Å². The predicted octanol–water partition coefficient (Wildman–Crippen LogP) is 5.18. The molecule has 7 aromatic rings. The molecule has 7 heterocycles. The summed E-state index contributed by atoms with van der Waals surface area (Å²) in [7, 11) is 3.18. The molecule has 288 valence electrons. The fourth-order valence-corrected chi connectivity index (χ4v) is 8.13. The summed E-state index contributed by atoms with van der Waals surface area (Å²) in [4.78, 5) is 44.3. The fraction of sp³-hybridized carbons (Fsp3) is 0.310. The maximum absolute atomic E-state index is 12.9. The van der Waals surface area contributed by atoms with Gasteiger partial charge in [0.15, 0.2) is 11.5 Å². The molecule has 0 aliphatic carbocycles. The summed E-state index contributed by atoms with van der Waals surface area (Å²) in [6.45, 7) is 11.7. The first-order valence-corrected chi connectivity index (χ1v) is 19.7. The van der Waals surface area contributed by atoms with Gasteiger partial charge in [0.2, 0.25) is 0 Å². The van der Waals surface area contributed by atoms with E-state index in [1.165, 1.54) is 0 Å². The van der Waals surface area contributed by atoms with E-state index in [9.17, 15) is 9.59 Å². The molecule has 2 fully saturated rings. The Morgan fingerprint density at radius 1 is 0.643 bits per heavy atom. The number of nitrogens with one attached hydrogen (secondary N) is 2. The third-order valence-electron chi connectivity index (χ3n) is 10.2. The number of benzene rings is 2. The zero-order valence-corrected chi connectivity index (χ0v) is 32.9. The molecule has 0 spiro atoms. The van der Waals surface area contributed by atoms with Crippen molar-refractivity contribution in [1.82, 2.24) is 34.4 Å². The Morgan fingerprint density at radius 2 is 1.30 bits per heavy atom. The van der Waals surface area contributed by atoms with Crippen LogP contribution in [0.4, 0.5) is 11.4 Å². The second kappa shape index (κ2) is 16.1. The summed E-state index contributed by atoms with van der Waals surface area (Å²) in [5, 5.41) is 7.79. The van der Waals surface area contributed by atoms with Gasteiger partial charge in [0.25, 0.3) is 11.1 Å². The molecule has 2 aliphatic heterocycles. The number of rotatable bonds is 6. The predicted molar refractivity (Wildman–Crippen MR) is 224 cm³/mol. The summed E-state index contributed by atoms with van der Waals surface area (Å²) in [5.41, 5.74) is 8.21. The second-order valence-electron chi connectivity index (χ2n) is 14.0. The molecular formula is C42H45N9O4S. The largest absolute Gasteiger partial charge is 0.493 e. The number of fused-ring (bicyclic) bond motifs is 3. The minimum absolute atomic E-state index is 0.0654. The molecule has 2 aliphatic rings. The van der Waals surface area contributed by atoms with Gasteiger partial charge < -0.3 is 29.9 Å². The summed E-state index contributed by atoms with van der Waals surface area (Å²) in [6.07, 6.45) is 4.90. The highest BCUT2D eigenvalue weighted by molar-refractivity contribution is 7.18. The lowest BCUT2D eigenvalue weighted by molar-refractivity contribution is 0.355. The highest BCUT2D eigenvalue weighted by atomic mass is 32.1. The van der Waals surface area contributed by atoms with Gasteiger partial charge in [-0.15, -0.1) is 11.3 Å². The number of aryl methyl sites for hydroxylation is 2. The second-order valence-corrected chi connectivity index (χ2v) is 15.2. The lowest BCUT2D eigenvalue weighted by atomic mass is 10.1. The van der Waals surface area contributed by atoms with Crippen molar-refractivity contribution >= 4 is 44.2 Å². The van der Waals surface area contributed by atoms with E-state index >= 15 is 0 Å². The molecular weight excluding hydrogens is 727 g/mol. The Labute approximate surface area is 328 Å². The van der Waals surface area contributed by atoms with Crippen LogP contribution in [0.25, 0.3) is 44.0 Å². The molecule has 0 radical (unpaired) electrons. The van der Waals surface area contributed by atoms with Gasteiger partial charge in [-0.25, -0.2) is 15.0 Å². The van der Waals surface area contributed by atoms with Crippen LogP contribution in [0.2, 0.25) is 0 Å². The van der Waals surface area contributed by atoms with Gasteiger partial charge in [0.05, 0.1) is 52.2 Å². The first-order chi connectivity index (χ1) is 27.3. The van der Waals surface area contributed by atoms with E-state index in [-0.39, 0.29) is 11.1 Å². The zero-order chi connectivity index (χ0) is 38.8. The number of nitrogens with zero attached hydrogens (tertiary/aromatic N) is 7. The van der Waals surface area contributed by atoms with Gasteiger partial charge in [0.1, 0.15) is 11.3 Å². The Kier molecular flexibility index (Phi) is 10.7. The van der Waals surface area contributed by atoms with Gasteiger partial charge in [-0.1, -0.05) is 6.07 Å². The van der Waals surface area contributed by atoms with Crippen LogP contribution >= 0.6 is 11.3 Å². The van der Waals surface area contributed by atoms with Crippen LogP contribution in [0.3, 0.4) is 0 Å². The Bertz CT molecular complexity index is 2660. The summed E-state index contributed by atoms with van der Waals surface area (Å²) in [6, 6.07) is 20.9. The molecule has 0 unspecified atom stereocenters. The van der Waals surface area contributed by atoms with Gasteiger partial charge in [-0.3, -0.25) is 18.4 Å². The summed E-state index contributed by atoms with van der Waals surface area (Å²) >= 11 is 1.67. The van der Waals surface area contributed by atoms with E-state index in [0.717, 1.165) is 102 Å². The number of pyridine rings is 2. The molecule has 2 aromatic carbocycles. The number of hydrogen-bond acceptors (Lipinski definition) is 12. The van der Waals surface area contributed by atoms with Crippen LogP contribution in [-0.4, -0.2) is 90.3 Å². The first-order valence-electron chi connectivity index (χ1n) is 18.9. The monoisotopic (exact) mass is 771 g/mol. The number of ether oxygens (including phenoxy) is 2. The maximum Gasteiger partial charge on any atom is 0.258 e. The van der Waals surface area contributed by atoms with E-state index in [1.54, 1.807) is 46.5 Å². The molecule has 5 aromatic heterocycles. The molecule has 0 atom stereocenters. The van der Waals surface area contributed by atoms with E-state index < -0.39 is 0 Å². The summed E-state index contributed by atoms with van der Waals surface area (Å²) < 4.78 is 15.1. The van der Waals surface area contributed by atoms with Crippen LogP contribution < -0.4 is 41.0 Å². The van der Waals surface area contributed by atoms with Gasteiger partial charge >= 0.3 is 0 Å². The highest BCUT2D eigenvalue weighted by Crippen LogP contribution is 2.32. The van der Waals surface area contributed by atoms with Crippen LogP contribution in [0.15, 0.2) is 88.7 Å². The van der Waals surface area contributed by atoms with Crippen molar-refractivity contribution in [3.8, 4) is 34.0 Å². The highest BCUT2D eigenvalue weighted by Gasteiger charge is 2.16. The summed E-state index contributed by atoms with van der Waals surface area (Å²) in [5.74, 6) is 1.24. The molecule has 0 bridgehead atoms. The quantitative estimate of drug-likeness (QED) is 0.232. The van der Waals surface area contributed by atoms with Crippen LogP contribution in [0.1, 0.15) is 17.0 Å². The minimum atomic E-state index is -0.102. The topological polar surface area (TPSA) is 131 Å². The lowest BCUT2D eigenvalue weighted by Gasteiger charge is -2.29. The number of thiazole rings is 1. The molecule has 9 rings (SSSR count). The van der Waals surface area contributed by atoms with Gasteiger partial charge in [-0.05, 0) is 80.9 Å². The normalized spacial score (nSPS) is 14.8. The van der Waals surface area contributed by atoms with Crippen molar-refractivity contribution in [2.24, 2.45) is 0 Å². The van der Waals surface area contributed by atoms with Crippen molar-refractivity contribution in [1.29, 1.82) is 0 Å². The Balaban J connectivity index is 0.000000157. The Hall–Kier alpha value is -5.83. The fourth-order valence-electron chi connectivity index (χ4n) is 7.32. The van der Waals surface area contributed by atoms with Crippen molar-refractivity contribution in [2.45, 2.75) is 20.3 Å². The first kappa shape index (κ1) is 37.1. The molecule has 56 heavy (non-hydrogen) atoms. The molecule has 2 saturated heterocycles. The molecule has 0 amide bonds. The van der Waals surface area contributed by atoms with E-state index in [2.05, 4.69) is 43.6 Å². The number of anilines is 2. The van der Waals surface area contributed by atoms with Crippen molar-refractivity contribution in [3.05, 3.63) is 110 Å². The molecule has 0 saturated carbocycles. The van der Waals surface area contributed by atoms with Crippen LogP contribution in [0.5, 0.6) is 11.5 Å². The van der Waals surface area contributed by atoms with E-state index in [1.807, 2.05) is 62.6 Å². The van der Waals surface area contributed by atoms with Crippen molar-refractivity contribution in [2.75, 3.05) is 76.4 Å². The zero-order valence-electron chi connectivity index (χ0n) is 32.0. The standard InChI is InChI=1S/C21H21N5OS.C21H24N4O3/c1-14-23-18-11-15(3-5-19(18)28-14)17-12-21(27)26-13-16(4-6-20(26)24-17)25-9-2-7-22-8-10-25;1-14-10-16(24-8-6-22-7-9-24)13-25-20(26)12-17(23-21(14)25)15-4-5-18(27-2)19(11-15)28-3/h3-6,11-13,22H,2,7-10H2,1H3;4-5,10-13,22H,6-9H2,1-3H3. The third kappa shape index (κ3) is 7.68. The minimum Gasteiger partial charge on any atom is -0.493 e. The van der Waals surface area contributed by atoms with Gasteiger partial charge in [-0.2, -0.15) is 0 Å². The molecule has 14 heteroatoms. The number of piperazine rings is 1. The van der Waals surface area contributed by atoms with Gasteiger partial charge in [0, 0.05) is 81.5 Å².